The number of phenolic OH excluding ortho intramolecular Hbond substituents is 1. The van der Waals surface area contributed by atoms with Crippen LogP contribution in [-0.4, -0.2) is 75.9 Å². The van der Waals surface area contributed by atoms with Crippen molar-refractivity contribution in [2.45, 2.75) is 50.9 Å². The second kappa shape index (κ2) is 9.03. The molecule has 0 bridgehead atoms. The summed E-state index contributed by atoms with van der Waals surface area (Å²) < 4.78 is 30.1. The van der Waals surface area contributed by atoms with Gasteiger partial charge in [-0.3, -0.25) is 28.9 Å². The fraction of sp³-hybridized carbons (Fsp3) is 0.560. The Hall–Kier alpha value is -3.09. The number of phenols is 1. The molecule has 0 radical (unpaired) electrons. The number of likely N-dealkylation sites (N-methyl/N-ethyl adjacent to an activating group) is 1. The summed E-state index contributed by atoms with van der Waals surface area (Å²) in [7, 11) is 2.91. The molecule has 12 heteroatoms. The van der Waals surface area contributed by atoms with Crippen LogP contribution in [0.15, 0.2) is 0 Å². The Balaban J connectivity index is 1.86. The number of hydrogen-bond donors (Lipinski definition) is 4. The molecule has 3 aliphatic carbocycles. The van der Waals surface area contributed by atoms with E-state index in [-0.39, 0.29) is 25.4 Å². The molecule has 1 aromatic carbocycles. The Bertz CT molecular complexity index is 1250. The highest BCUT2D eigenvalue weighted by Gasteiger charge is 2.69. The minimum Gasteiger partial charge on any atom is -0.507 e. The molecule has 1 aromatic rings. The zero-order valence-corrected chi connectivity index (χ0v) is 20.8. The monoisotopic (exact) mass is 521 g/mol. The number of ketones is 4. The fourth-order valence-corrected chi connectivity index (χ4v) is 6.18. The number of carbonyl (C=O) groups excluding carboxylic acids is 5. The molecule has 2 fully saturated rings. The van der Waals surface area contributed by atoms with Gasteiger partial charge in [0.15, 0.2) is 46.3 Å². The number of fused-ring (bicyclic) bond motifs is 3. The predicted octanol–water partition coefficient (Wildman–Crippen LogP) is -0.357. The molecule has 0 saturated heterocycles. The predicted molar refractivity (Wildman–Crippen MR) is 123 cm³/mol. The lowest BCUT2D eigenvalue weighted by molar-refractivity contribution is -0.181. The Morgan fingerprint density at radius 2 is 1.78 bits per heavy atom. The van der Waals surface area contributed by atoms with Gasteiger partial charge in [-0.1, -0.05) is 13.8 Å². The highest BCUT2D eigenvalue weighted by Crippen LogP contribution is 2.51. The van der Waals surface area contributed by atoms with E-state index < -0.39 is 98.4 Å². The number of rotatable bonds is 5. The summed E-state index contributed by atoms with van der Waals surface area (Å²) in [5, 5.41) is 25.1. The third kappa shape index (κ3) is 3.72. The van der Waals surface area contributed by atoms with Gasteiger partial charge in [-0.25, -0.2) is 8.78 Å². The number of hydrogen-bond acceptors (Lipinski definition) is 9. The zero-order chi connectivity index (χ0) is 27.7. The van der Waals surface area contributed by atoms with Crippen molar-refractivity contribution in [3.63, 3.8) is 0 Å². The Kier molecular flexibility index (Phi) is 6.58. The fourth-order valence-electron chi connectivity index (χ4n) is 6.18. The first-order valence-electron chi connectivity index (χ1n) is 12.0. The molecule has 6 unspecified atom stereocenters. The SMILES string of the molecule is CC(C)NCc1c(O)c2c(c(F)c1F)CC1CC3C(N(C)C)C(=O)C(C(N)=O)C(=O)C3(O)C(=O)C1C2=O. The average Bonchev–Trinajstić information content (AvgIpc) is 2.79. The van der Waals surface area contributed by atoms with Gasteiger partial charge in [-0.05, 0) is 32.9 Å². The van der Waals surface area contributed by atoms with Gasteiger partial charge in [-0.2, -0.15) is 0 Å². The standard InChI is InChI=1S/C25H29F2N3O7/c1-8(2)29-7-11-17(27)16(26)10-5-9-6-12-18(30(3)4)21(33)15(24(28)36)23(35)25(12,37)22(34)13(9)20(32)14(10)19(11)31/h8-9,12-13,15,18,29,31,37H,5-7H2,1-4H3,(H2,28,36). The maximum atomic E-state index is 15.2. The second-order valence-electron chi connectivity index (χ2n) is 10.6. The maximum Gasteiger partial charge on any atom is 0.235 e. The van der Waals surface area contributed by atoms with Crippen LogP contribution in [0.3, 0.4) is 0 Å². The van der Waals surface area contributed by atoms with Gasteiger partial charge in [0, 0.05) is 29.6 Å². The van der Waals surface area contributed by atoms with E-state index in [2.05, 4.69) is 5.32 Å². The van der Waals surface area contributed by atoms with E-state index in [0.29, 0.717) is 0 Å². The van der Waals surface area contributed by atoms with E-state index in [0.717, 1.165) is 0 Å². The molecule has 2 saturated carbocycles. The minimum atomic E-state index is -2.88. The first-order chi connectivity index (χ1) is 17.2. The normalized spacial score (nSPS) is 31.4. The summed E-state index contributed by atoms with van der Waals surface area (Å²) in [5.74, 6) is -15.5. The molecule has 5 N–H and O–H groups in total. The summed E-state index contributed by atoms with van der Waals surface area (Å²) in [6, 6.07) is -1.44. The topological polar surface area (TPSA) is 167 Å². The summed E-state index contributed by atoms with van der Waals surface area (Å²) in [4.78, 5) is 66.9. The first-order valence-corrected chi connectivity index (χ1v) is 12.0. The Labute approximate surface area is 211 Å². The molecule has 10 nitrogen and oxygen atoms in total. The number of amides is 1. The summed E-state index contributed by atoms with van der Waals surface area (Å²) in [5.41, 5.74) is 0.918. The number of Topliss-reactive ketones (excluding diaryl/α,β-unsaturated/α-hetero) is 4. The second-order valence-corrected chi connectivity index (χ2v) is 10.6. The largest absolute Gasteiger partial charge is 0.507 e. The molecule has 1 amide bonds. The number of aliphatic hydroxyl groups is 1. The first kappa shape index (κ1) is 27.0. The summed E-state index contributed by atoms with van der Waals surface area (Å²) in [6.45, 7) is 3.18. The maximum absolute atomic E-state index is 15.2. The smallest absolute Gasteiger partial charge is 0.235 e. The molecule has 6 atom stereocenters. The van der Waals surface area contributed by atoms with Gasteiger partial charge in [0.1, 0.15) is 5.75 Å². The van der Waals surface area contributed by atoms with Crippen LogP contribution < -0.4 is 11.1 Å². The third-order valence-corrected chi connectivity index (χ3v) is 7.89. The zero-order valence-electron chi connectivity index (χ0n) is 20.8. The molecule has 0 spiro atoms. The molecule has 37 heavy (non-hydrogen) atoms. The van der Waals surface area contributed by atoms with Gasteiger partial charge in [-0.15, -0.1) is 0 Å². The van der Waals surface area contributed by atoms with Crippen LogP contribution in [0.4, 0.5) is 8.78 Å². The molecule has 0 heterocycles. The highest BCUT2D eigenvalue weighted by molar-refractivity contribution is 6.32. The van der Waals surface area contributed by atoms with Crippen molar-refractivity contribution >= 4 is 29.0 Å². The van der Waals surface area contributed by atoms with E-state index in [1.165, 1.54) is 19.0 Å². The summed E-state index contributed by atoms with van der Waals surface area (Å²) in [6.07, 6.45) is -0.595. The lowest BCUT2D eigenvalue weighted by Gasteiger charge is -2.52. The van der Waals surface area contributed by atoms with Crippen LogP contribution in [0.2, 0.25) is 0 Å². The van der Waals surface area contributed by atoms with Crippen LogP contribution in [0, 0.1) is 35.3 Å². The molecular weight excluding hydrogens is 492 g/mol. The number of halogens is 2. The Morgan fingerprint density at radius 1 is 1.16 bits per heavy atom. The van der Waals surface area contributed by atoms with Gasteiger partial charge >= 0.3 is 0 Å². The van der Waals surface area contributed by atoms with Crippen molar-refractivity contribution in [1.29, 1.82) is 0 Å². The van der Waals surface area contributed by atoms with Crippen molar-refractivity contribution in [3.8, 4) is 5.75 Å². The van der Waals surface area contributed by atoms with Gasteiger partial charge < -0.3 is 21.3 Å². The molecule has 0 aromatic heterocycles. The summed E-state index contributed by atoms with van der Waals surface area (Å²) >= 11 is 0. The molecule has 3 aliphatic rings. The molecular formula is C25H29F2N3O7. The van der Waals surface area contributed by atoms with E-state index >= 15 is 4.39 Å². The number of nitrogens with two attached hydrogens (primary N) is 1. The van der Waals surface area contributed by atoms with Gasteiger partial charge in [0.2, 0.25) is 5.91 Å². The van der Waals surface area contributed by atoms with E-state index in [4.69, 9.17) is 5.73 Å². The van der Waals surface area contributed by atoms with Crippen LogP contribution in [-0.2, 0) is 32.1 Å². The van der Waals surface area contributed by atoms with E-state index in [9.17, 15) is 38.6 Å². The quantitative estimate of drug-likeness (QED) is 0.379. The van der Waals surface area contributed by atoms with Crippen molar-refractivity contribution in [3.05, 3.63) is 28.3 Å². The number of primary amides is 1. The van der Waals surface area contributed by atoms with E-state index in [1.54, 1.807) is 13.8 Å². The van der Waals surface area contributed by atoms with Gasteiger partial charge in [0.05, 0.1) is 17.5 Å². The average molecular weight is 522 g/mol. The van der Waals surface area contributed by atoms with Crippen LogP contribution in [0.1, 0.15) is 41.8 Å². The van der Waals surface area contributed by atoms with E-state index in [1.807, 2.05) is 0 Å². The Morgan fingerprint density at radius 3 is 2.32 bits per heavy atom. The minimum absolute atomic E-state index is 0.160. The highest BCUT2D eigenvalue weighted by atomic mass is 19.2. The van der Waals surface area contributed by atoms with Gasteiger partial charge in [0.25, 0.3) is 0 Å². The third-order valence-electron chi connectivity index (χ3n) is 7.89. The van der Waals surface area contributed by atoms with Crippen LogP contribution in [0.25, 0.3) is 0 Å². The number of carbonyl (C=O) groups is 5. The van der Waals surface area contributed by atoms with Crippen molar-refractivity contribution in [2.24, 2.45) is 29.4 Å². The van der Waals surface area contributed by atoms with Crippen LogP contribution in [0.5, 0.6) is 5.75 Å². The molecule has 0 aliphatic heterocycles. The number of aromatic hydroxyl groups is 1. The number of nitrogens with zero attached hydrogens (tertiary/aromatic N) is 1. The van der Waals surface area contributed by atoms with Crippen molar-refractivity contribution in [2.75, 3.05) is 14.1 Å². The number of benzene rings is 1. The molecule has 200 valence electrons. The lowest BCUT2D eigenvalue weighted by Crippen LogP contribution is -2.74. The number of nitrogens with one attached hydrogen (secondary N) is 1. The van der Waals surface area contributed by atoms with Crippen molar-refractivity contribution in [1.82, 2.24) is 10.2 Å². The molecule has 4 rings (SSSR count). The van der Waals surface area contributed by atoms with Crippen LogP contribution >= 0.6 is 0 Å². The lowest BCUT2D eigenvalue weighted by atomic mass is 9.52. The van der Waals surface area contributed by atoms with Crippen molar-refractivity contribution < 1.29 is 43.0 Å².